The molecule has 0 radical (unpaired) electrons. The lowest BCUT2D eigenvalue weighted by molar-refractivity contribution is -0.140. The molecule has 0 aliphatic carbocycles. The van der Waals surface area contributed by atoms with Gasteiger partial charge in [-0.25, -0.2) is 4.79 Å². The second kappa shape index (κ2) is 11.7. The van der Waals surface area contributed by atoms with Gasteiger partial charge in [0.1, 0.15) is 11.1 Å². The van der Waals surface area contributed by atoms with Gasteiger partial charge in [0.15, 0.2) is 5.17 Å². The van der Waals surface area contributed by atoms with E-state index in [-0.39, 0.29) is 35.7 Å². The topological polar surface area (TPSA) is 165 Å². The van der Waals surface area contributed by atoms with E-state index < -0.39 is 34.3 Å². The van der Waals surface area contributed by atoms with E-state index in [9.17, 15) is 24.0 Å². The number of amides is 3. The quantitative estimate of drug-likeness (QED) is 0.349. The van der Waals surface area contributed by atoms with Gasteiger partial charge in [0.25, 0.3) is 5.24 Å². The number of nitrogens with zero attached hydrogens (tertiary/aromatic N) is 2. The molecule has 2 saturated heterocycles. The molecule has 0 aromatic heterocycles. The number of ether oxygens (including phenoxy) is 2. The number of thioether (sulfide) groups is 2. The van der Waals surface area contributed by atoms with Gasteiger partial charge in [0, 0.05) is 12.1 Å². The van der Waals surface area contributed by atoms with Crippen molar-refractivity contribution in [2.24, 2.45) is 10.2 Å². The van der Waals surface area contributed by atoms with E-state index in [2.05, 4.69) is 30.9 Å². The minimum absolute atomic E-state index is 0.0628. The second-order valence-electron chi connectivity index (χ2n) is 6.84. The van der Waals surface area contributed by atoms with E-state index in [0.717, 1.165) is 23.5 Å². The van der Waals surface area contributed by atoms with Crippen molar-refractivity contribution in [1.82, 2.24) is 10.6 Å². The lowest BCUT2D eigenvalue weighted by atomic mass is 10.2. The van der Waals surface area contributed by atoms with Crippen molar-refractivity contribution in [3.8, 4) is 0 Å². The molecule has 3 N–H and O–H groups in total. The average Bonchev–Trinajstić information content (AvgIpc) is 3.33. The summed E-state index contributed by atoms with van der Waals surface area (Å²) in [5.41, 5.74) is 0.826. The van der Waals surface area contributed by atoms with Gasteiger partial charge in [-0.2, -0.15) is 0 Å². The number of carbonyl (C=O) groups excluding carboxylic acids is 5. The molecule has 14 heteroatoms. The molecule has 0 bridgehead atoms. The first-order valence-corrected chi connectivity index (χ1v) is 11.8. The van der Waals surface area contributed by atoms with Crippen molar-refractivity contribution in [1.29, 1.82) is 0 Å². The van der Waals surface area contributed by atoms with Crippen LogP contribution in [-0.2, 0) is 23.9 Å². The van der Waals surface area contributed by atoms with Gasteiger partial charge >= 0.3 is 11.9 Å². The maximum Gasteiger partial charge on any atom is 0.338 e. The second-order valence-corrected chi connectivity index (χ2v) is 9.20. The third-order valence-electron chi connectivity index (χ3n) is 4.44. The molecule has 3 amide bonds. The molecule has 2 heterocycles. The molecule has 2 aliphatic rings. The molecule has 3 rings (SSSR count). The fourth-order valence-corrected chi connectivity index (χ4v) is 4.61. The Hall–Kier alpha value is -3.39. The van der Waals surface area contributed by atoms with Gasteiger partial charge in [-0.15, -0.1) is 10.2 Å². The van der Waals surface area contributed by atoms with Crippen LogP contribution in [0.25, 0.3) is 0 Å². The van der Waals surface area contributed by atoms with Crippen LogP contribution < -0.4 is 16.0 Å². The van der Waals surface area contributed by atoms with Crippen molar-refractivity contribution in [2.75, 3.05) is 19.0 Å². The van der Waals surface area contributed by atoms with Crippen LogP contribution in [0.4, 0.5) is 10.5 Å². The summed E-state index contributed by atoms with van der Waals surface area (Å²) in [6.45, 7) is 1.97. The van der Waals surface area contributed by atoms with Gasteiger partial charge in [-0.3, -0.25) is 19.2 Å². The summed E-state index contributed by atoms with van der Waals surface area (Å²) < 4.78 is 9.51. The summed E-state index contributed by atoms with van der Waals surface area (Å²) in [6.07, 6.45) is -0.185. The van der Waals surface area contributed by atoms with Crippen molar-refractivity contribution < 1.29 is 33.4 Å². The van der Waals surface area contributed by atoms with E-state index in [1.54, 1.807) is 19.1 Å². The monoisotopic (exact) mass is 507 g/mol. The SMILES string of the molecule is CCOC(=O)c1ccc(NC(=O)C[C@@H]2S/C(=N\N=C3/NC(=O)S[C@@H]3CC(=O)OC)NC2=O)cc1. The van der Waals surface area contributed by atoms with E-state index in [1.807, 2.05) is 0 Å². The molecular weight excluding hydrogens is 486 g/mol. The highest BCUT2D eigenvalue weighted by molar-refractivity contribution is 8.15. The van der Waals surface area contributed by atoms with Crippen LogP contribution >= 0.6 is 23.5 Å². The average molecular weight is 508 g/mol. The minimum atomic E-state index is -0.726. The summed E-state index contributed by atoms with van der Waals surface area (Å²) in [5, 5.41) is 14.1. The van der Waals surface area contributed by atoms with Crippen LogP contribution in [0.15, 0.2) is 34.5 Å². The largest absolute Gasteiger partial charge is 0.469 e. The molecule has 2 aliphatic heterocycles. The molecule has 2 fully saturated rings. The third-order valence-corrected chi connectivity index (χ3v) is 6.50. The van der Waals surface area contributed by atoms with E-state index >= 15 is 0 Å². The van der Waals surface area contributed by atoms with Crippen molar-refractivity contribution in [3.05, 3.63) is 29.8 Å². The first-order valence-electron chi connectivity index (χ1n) is 10.0. The summed E-state index contributed by atoms with van der Waals surface area (Å²) in [4.78, 5) is 59.4. The normalized spacial score (nSPS) is 21.8. The Balaban J connectivity index is 1.56. The van der Waals surface area contributed by atoms with E-state index in [4.69, 9.17) is 4.74 Å². The first kappa shape index (κ1) is 25.2. The van der Waals surface area contributed by atoms with E-state index in [0.29, 0.717) is 11.3 Å². The number of carbonyl (C=O) groups is 5. The Labute approximate surface area is 202 Å². The highest BCUT2D eigenvalue weighted by atomic mass is 32.2. The molecule has 1 aromatic rings. The lowest BCUT2D eigenvalue weighted by Crippen LogP contribution is -2.28. The van der Waals surface area contributed by atoms with Crippen LogP contribution in [0.5, 0.6) is 0 Å². The Kier molecular flexibility index (Phi) is 8.65. The number of methoxy groups -OCH3 is 1. The molecule has 0 saturated carbocycles. The van der Waals surface area contributed by atoms with Crippen molar-refractivity contribution in [3.63, 3.8) is 0 Å². The molecule has 1 aromatic carbocycles. The van der Waals surface area contributed by atoms with Crippen LogP contribution in [0.1, 0.15) is 30.1 Å². The van der Waals surface area contributed by atoms with E-state index in [1.165, 1.54) is 19.2 Å². The van der Waals surface area contributed by atoms with Gasteiger partial charge in [0.2, 0.25) is 11.8 Å². The Morgan fingerprint density at radius 1 is 1.03 bits per heavy atom. The number of rotatable bonds is 8. The summed E-state index contributed by atoms with van der Waals surface area (Å²) >= 11 is 1.91. The zero-order valence-corrected chi connectivity index (χ0v) is 19.8. The van der Waals surface area contributed by atoms with Crippen LogP contribution in [0.3, 0.4) is 0 Å². The number of esters is 2. The predicted molar refractivity (Wildman–Crippen MR) is 127 cm³/mol. The number of anilines is 1. The Bertz CT molecular complexity index is 1060. The Morgan fingerprint density at radius 2 is 1.76 bits per heavy atom. The molecule has 0 spiro atoms. The number of amidine groups is 2. The van der Waals surface area contributed by atoms with Gasteiger partial charge in [0.05, 0.1) is 31.0 Å². The smallest absolute Gasteiger partial charge is 0.338 e. The standard InChI is InChI=1S/C20H21N5O7S2/c1-3-32-18(29)10-4-6-11(7-5-10)21-14(26)8-13-17(28)23-19(33-13)25-24-16-12(9-15(27)31-2)34-20(30)22-16/h4-7,12-13H,3,8-9H2,1-2H3,(H,21,26)(H,22,24,30)(H,23,25,28)/t12-,13+/m1/s1. The molecule has 180 valence electrons. The molecule has 2 atom stereocenters. The minimum Gasteiger partial charge on any atom is -0.469 e. The first-order chi connectivity index (χ1) is 16.3. The number of hydrogen-bond acceptors (Lipinski definition) is 11. The van der Waals surface area contributed by atoms with Crippen LogP contribution in [-0.4, -0.2) is 64.2 Å². The maximum atomic E-state index is 12.4. The summed E-state index contributed by atoms with van der Waals surface area (Å²) in [5.74, 6) is -1.59. The van der Waals surface area contributed by atoms with Gasteiger partial charge < -0.3 is 25.4 Å². The highest BCUT2D eigenvalue weighted by Crippen LogP contribution is 2.25. The van der Waals surface area contributed by atoms with Crippen molar-refractivity contribution in [2.45, 2.75) is 30.3 Å². The zero-order chi connectivity index (χ0) is 24.7. The number of benzene rings is 1. The van der Waals surface area contributed by atoms with Gasteiger partial charge in [-0.1, -0.05) is 23.5 Å². The van der Waals surface area contributed by atoms with Crippen LogP contribution in [0, 0.1) is 0 Å². The molecular formula is C20H21N5O7S2. The fraction of sp³-hybridized carbons (Fsp3) is 0.350. The third kappa shape index (κ3) is 6.81. The maximum absolute atomic E-state index is 12.4. The lowest BCUT2D eigenvalue weighted by Gasteiger charge is -2.08. The van der Waals surface area contributed by atoms with Gasteiger partial charge in [-0.05, 0) is 31.2 Å². The van der Waals surface area contributed by atoms with Crippen LogP contribution in [0.2, 0.25) is 0 Å². The highest BCUT2D eigenvalue weighted by Gasteiger charge is 2.34. The molecule has 0 unspecified atom stereocenters. The summed E-state index contributed by atoms with van der Waals surface area (Å²) in [7, 11) is 1.24. The molecule has 12 nitrogen and oxygen atoms in total. The van der Waals surface area contributed by atoms with Crippen molar-refractivity contribution >= 4 is 69.2 Å². The predicted octanol–water partition coefficient (Wildman–Crippen LogP) is 1.48. The Morgan fingerprint density at radius 3 is 2.44 bits per heavy atom. The fourth-order valence-electron chi connectivity index (χ4n) is 2.83. The number of hydrogen-bond donors (Lipinski definition) is 3. The summed E-state index contributed by atoms with van der Waals surface area (Å²) in [6, 6.07) is 6.19. The number of nitrogens with one attached hydrogen (secondary N) is 3. The molecule has 34 heavy (non-hydrogen) atoms. The zero-order valence-electron chi connectivity index (χ0n) is 18.2.